The van der Waals surface area contributed by atoms with Gasteiger partial charge < -0.3 is 13.7 Å². The third-order valence-corrected chi connectivity index (χ3v) is 13.5. The molecule has 13 aromatic rings. The number of aromatic nitrogens is 3. The zero-order chi connectivity index (χ0) is 44.6. The molecule has 0 saturated carbocycles. The lowest BCUT2D eigenvalue weighted by Crippen LogP contribution is -2.01. The minimum atomic E-state index is 0.352. The highest BCUT2D eigenvalue weighted by Gasteiger charge is 2.23. The van der Waals surface area contributed by atoms with Crippen LogP contribution in [0.15, 0.2) is 224 Å². The molecule has 0 bridgehead atoms. The van der Waals surface area contributed by atoms with Crippen LogP contribution >= 0.6 is 0 Å². The van der Waals surface area contributed by atoms with Crippen molar-refractivity contribution in [2.24, 2.45) is 0 Å². The molecule has 10 aromatic carbocycles. The van der Waals surface area contributed by atoms with Gasteiger partial charge in [0.15, 0.2) is 0 Å². The Morgan fingerprint density at radius 3 is 1.13 bits per heavy atom. The van der Waals surface area contributed by atoms with Gasteiger partial charge in [-0.3, -0.25) is 0 Å². The van der Waals surface area contributed by atoms with Crippen molar-refractivity contribution in [2.45, 2.75) is 0 Å². The molecule has 0 fully saturated rings. The Labute approximate surface area is 386 Å². The average molecular weight is 852 g/mol. The molecule has 0 unspecified atom stereocenters. The standard InChI is InChI=1S/C62H37N5/c63-38-43-28-27-42(33-44(43)39-64)51-36-53(41-17-5-2-6-18-41)62(37-52(51)40-15-3-1-4-16-40)67-60-31-29-45(65-56-23-11-7-19-47(56)48-20-8-12-24-57(48)65)34-54(60)55-35-46(30-32-61(55)67)66-58-25-13-9-21-49(58)50-22-10-14-26-59(50)66/h1-37H. The van der Waals surface area contributed by atoms with E-state index in [-0.39, 0.29) is 0 Å². The van der Waals surface area contributed by atoms with Crippen LogP contribution in [-0.4, -0.2) is 13.7 Å². The van der Waals surface area contributed by atoms with Gasteiger partial charge in [0.1, 0.15) is 12.1 Å². The lowest BCUT2D eigenvalue weighted by molar-refractivity contribution is 1.16. The van der Waals surface area contributed by atoms with Gasteiger partial charge >= 0.3 is 0 Å². The van der Waals surface area contributed by atoms with Crippen LogP contribution < -0.4 is 0 Å². The fraction of sp³-hybridized carbons (Fsp3) is 0. The fourth-order valence-corrected chi connectivity index (χ4v) is 10.6. The van der Waals surface area contributed by atoms with Crippen molar-refractivity contribution in [3.63, 3.8) is 0 Å². The summed E-state index contributed by atoms with van der Waals surface area (Å²) in [5, 5.41) is 27.2. The highest BCUT2D eigenvalue weighted by atomic mass is 15.0. The molecule has 13 rings (SSSR count). The van der Waals surface area contributed by atoms with E-state index in [9.17, 15) is 10.5 Å². The molecule has 0 aliphatic heterocycles. The van der Waals surface area contributed by atoms with Crippen LogP contribution in [0.5, 0.6) is 0 Å². The van der Waals surface area contributed by atoms with Crippen LogP contribution in [-0.2, 0) is 0 Å². The van der Waals surface area contributed by atoms with Gasteiger partial charge in [0.05, 0.1) is 49.9 Å². The van der Waals surface area contributed by atoms with Gasteiger partial charge in [-0.15, -0.1) is 0 Å². The summed E-state index contributed by atoms with van der Waals surface area (Å²) in [6.07, 6.45) is 0. The Morgan fingerprint density at radius 2 is 0.672 bits per heavy atom. The predicted octanol–water partition coefficient (Wildman–Crippen LogP) is 15.7. The summed E-state index contributed by atoms with van der Waals surface area (Å²) in [6, 6.07) is 84.2. The Morgan fingerprint density at radius 1 is 0.269 bits per heavy atom. The van der Waals surface area contributed by atoms with E-state index < -0.39 is 0 Å². The number of fused-ring (bicyclic) bond motifs is 9. The molecule has 0 aliphatic rings. The topological polar surface area (TPSA) is 62.4 Å². The molecular formula is C62H37N5. The Kier molecular flexibility index (Phi) is 8.58. The third-order valence-electron chi connectivity index (χ3n) is 13.5. The van der Waals surface area contributed by atoms with Crippen molar-refractivity contribution < 1.29 is 0 Å². The molecule has 310 valence electrons. The first-order chi connectivity index (χ1) is 33.2. The first-order valence-electron chi connectivity index (χ1n) is 22.5. The Bertz CT molecular complexity index is 3950. The minimum absolute atomic E-state index is 0.352. The Hall–Kier alpha value is -9.42. The zero-order valence-electron chi connectivity index (χ0n) is 36.1. The smallest absolute Gasteiger partial charge is 0.101 e. The summed E-state index contributed by atoms with van der Waals surface area (Å²) in [5.41, 5.74) is 16.7. The number of para-hydroxylation sites is 4. The summed E-state index contributed by atoms with van der Waals surface area (Å²) in [7, 11) is 0. The lowest BCUT2D eigenvalue weighted by Gasteiger charge is -2.20. The van der Waals surface area contributed by atoms with Gasteiger partial charge in [-0.1, -0.05) is 140 Å². The second-order valence-electron chi connectivity index (χ2n) is 17.1. The Balaban J connectivity index is 1.15. The molecule has 0 atom stereocenters. The van der Waals surface area contributed by atoms with Crippen LogP contribution in [0.1, 0.15) is 11.1 Å². The minimum Gasteiger partial charge on any atom is -0.309 e. The second-order valence-corrected chi connectivity index (χ2v) is 17.1. The first kappa shape index (κ1) is 38.1. The van der Waals surface area contributed by atoms with Gasteiger partial charge in [-0.2, -0.15) is 10.5 Å². The molecule has 3 aromatic heterocycles. The SMILES string of the molecule is N#Cc1ccc(-c2cc(-c3ccccc3)c(-n3c4ccc(-n5c6ccccc6c6ccccc65)cc4c4cc(-n5c6ccccc6c6ccccc65)ccc43)cc2-c2ccccc2)cc1C#N. The van der Waals surface area contributed by atoms with Gasteiger partial charge in [-0.25, -0.2) is 0 Å². The molecule has 0 radical (unpaired) electrons. The van der Waals surface area contributed by atoms with E-state index in [0.29, 0.717) is 11.1 Å². The van der Waals surface area contributed by atoms with Crippen LogP contribution in [0.3, 0.4) is 0 Å². The maximum absolute atomic E-state index is 10.2. The van der Waals surface area contributed by atoms with Crippen LogP contribution in [0, 0.1) is 22.7 Å². The molecule has 5 heteroatoms. The number of benzene rings is 10. The van der Waals surface area contributed by atoms with Crippen LogP contribution in [0.2, 0.25) is 0 Å². The molecule has 0 N–H and O–H groups in total. The van der Waals surface area contributed by atoms with Crippen LogP contribution in [0.4, 0.5) is 0 Å². The fourth-order valence-electron chi connectivity index (χ4n) is 10.6. The van der Waals surface area contributed by atoms with Gasteiger partial charge in [-0.05, 0) is 113 Å². The quantitative estimate of drug-likeness (QED) is 0.167. The molecule has 0 amide bonds. The van der Waals surface area contributed by atoms with E-state index in [4.69, 9.17) is 0 Å². The van der Waals surface area contributed by atoms with Gasteiger partial charge in [0.2, 0.25) is 0 Å². The molecule has 0 aliphatic carbocycles. The number of nitriles is 2. The normalized spacial score (nSPS) is 11.6. The zero-order valence-corrected chi connectivity index (χ0v) is 36.1. The van der Waals surface area contributed by atoms with E-state index in [1.165, 1.54) is 21.5 Å². The van der Waals surface area contributed by atoms with Gasteiger partial charge in [0.25, 0.3) is 0 Å². The van der Waals surface area contributed by atoms with E-state index in [1.807, 2.05) is 18.2 Å². The van der Waals surface area contributed by atoms with E-state index in [1.54, 1.807) is 6.07 Å². The summed E-state index contributed by atoms with van der Waals surface area (Å²) in [4.78, 5) is 0. The third kappa shape index (κ3) is 5.86. The maximum Gasteiger partial charge on any atom is 0.101 e. The second kappa shape index (κ2) is 15.1. The van der Waals surface area contributed by atoms with E-state index in [0.717, 1.165) is 94.3 Å². The molecule has 0 spiro atoms. The monoisotopic (exact) mass is 851 g/mol. The first-order valence-corrected chi connectivity index (χ1v) is 22.5. The summed E-state index contributed by atoms with van der Waals surface area (Å²) in [5.74, 6) is 0. The number of nitrogens with zero attached hydrogens (tertiary/aromatic N) is 5. The van der Waals surface area contributed by atoms with Crippen molar-refractivity contribution in [3.05, 3.63) is 236 Å². The predicted molar refractivity (Wildman–Crippen MR) is 275 cm³/mol. The summed E-state index contributed by atoms with van der Waals surface area (Å²) >= 11 is 0. The summed E-state index contributed by atoms with van der Waals surface area (Å²) in [6.45, 7) is 0. The molecule has 67 heavy (non-hydrogen) atoms. The molecule has 0 saturated heterocycles. The van der Waals surface area contributed by atoms with E-state index >= 15 is 0 Å². The van der Waals surface area contributed by atoms with Crippen molar-refractivity contribution in [2.75, 3.05) is 0 Å². The summed E-state index contributed by atoms with van der Waals surface area (Å²) < 4.78 is 7.23. The molecule has 5 nitrogen and oxygen atoms in total. The highest BCUT2D eigenvalue weighted by molar-refractivity contribution is 6.14. The largest absolute Gasteiger partial charge is 0.309 e. The number of rotatable bonds is 6. The van der Waals surface area contributed by atoms with Crippen molar-refractivity contribution in [1.29, 1.82) is 10.5 Å². The number of hydrogen-bond acceptors (Lipinski definition) is 2. The molecule has 3 heterocycles. The van der Waals surface area contributed by atoms with Crippen molar-refractivity contribution in [1.82, 2.24) is 13.7 Å². The lowest BCUT2D eigenvalue weighted by atomic mass is 9.88. The molecular weight excluding hydrogens is 815 g/mol. The van der Waals surface area contributed by atoms with Crippen molar-refractivity contribution in [3.8, 4) is 62.6 Å². The van der Waals surface area contributed by atoms with Crippen molar-refractivity contribution >= 4 is 65.4 Å². The number of hydrogen-bond donors (Lipinski definition) is 0. The van der Waals surface area contributed by atoms with Gasteiger partial charge in [0, 0.05) is 49.3 Å². The van der Waals surface area contributed by atoms with E-state index in [2.05, 4.69) is 226 Å². The maximum atomic E-state index is 10.2. The van der Waals surface area contributed by atoms with Crippen LogP contribution in [0.25, 0.3) is 116 Å². The highest BCUT2D eigenvalue weighted by Crippen LogP contribution is 2.45. The average Bonchev–Trinajstić information content (AvgIpc) is 4.04.